The van der Waals surface area contributed by atoms with Gasteiger partial charge in [-0.3, -0.25) is 0 Å². The fourth-order valence-corrected chi connectivity index (χ4v) is 3.65. The maximum atomic E-state index is 8.83. The third kappa shape index (κ3) is 3.12. The number of aliphatic hydroxyl groups is 1. The molecule has 0 spiro atoms. The van der Waals surface area contributed by atoms with Gasteiger partial charge in [-0.2, -0.15) is 11.8 Å². The second-order valence-corrected chi connectivity index (χ2v) is 5.95. The second kappa shape index (κ2) is 4.84. The zero-order valence-corrected chi connectivity index (χ0v) is 9.99. The van der Waals surface area contributed by atoms with Gasteiger partial charge < -0.3 is 16.2 Å². The van der Waals surface area contributed by atoms with Gasteiger partial charge in [-0.15, -0.1) is 0 Å². The standard InChI is InChI=1S/C10H22N2OS/c1-9(2)5-10(6-11,8-14-7-9)12-3-4-13/h12-13H,3-8,11H2,1-2H3. The Labute approximate surface area is 90.8 Å². The maximum absolute atomic E-state index is 8.83. The molecule has 1 saturated heterocycles. The Bertz CT molecular complexity index is 187. The lowest BCUT2D eigenvalue weighted by atomic mass is 9.80. The van der Waals surface area contributed by atoms with Crippen molar-refractivity contribution in [1.29, 1.82) is 0 Å². The number of β-amino-alcohol motifs (C(OH)–C–C–N with tert-alkyl or cyclic N) is 1. The lowest BCUT2D eigenvalue weighted by Crippen LogP contribution is -2.58. The van der Waals surface area contributed by atoms with Crippen LogP contribution in [0.3, 0.4) is 0 Å². The van der Waals surface area contributed by atoms with Gasteiger partial charge in [-0.1, -0.05) is 13.8 Å². The molecule has 0 saturated carbocycles. The van der Waals surface area contributed by atoms with E-state index in [9.17, 15) is 0 Å². The SMILES string of the molecule is CC1(C)CSCC(CN)(NCCO)C1. The monoisotopic (exact) mass is 218 g/mol. The minimum absolute atomic E-state index is 0.0369. The Balaban J connectivity index is 2.58. The third-order valence-corrected chi connectivity index (χ3v) is 4.43. The van der Waals surface area contributed by atoms with Gasteiger partial charge in [0.15, 0.2) is 0 Å². The summed E-state index contributed by atoms with van der Waals surface area (Å²) in [6.45, 7) is 6.05. The lowest BCUT2D eigenvalue weighted by molar-refractivity contribution is 0.206. The average Bonchev–Trinajstić information content (AvgIpc) is 2.13. The van der Waals surface area contributed by atoms with Gasteiger partial charge in [-0.25, -0.2) is 0 Å². The molecule has 1 atom stereocenters. The first kappa shape index (κ1) is 12.3. The van der Waals surface area contributed by atoms with Crippen LogP contribution in [0.15, 0.2) is 0 Å². The van der Waals surface area contributed by atoms with E-state index >= 15 is 0 Å². The molecule has 0 aromatic heterocycles. The first-order valence-electron chi connectivity index (χ1n) is 5.17. The van der Waals surface area contributed by atoms with Crippen molar-refractivity contribution in [3.8, 4) is 0 Å². The van der Waals surface area contributed by atoms with Crippen LogP contribution in [0.25, 0.3) is 0 Å². The molecule has 4 N–H and O–H groups in total. The van der Waals surface area contributed by atoms with Gasteiger partial charge in [0.25, 0.3) is 0 Å². The van der Waals surface area contributed by atoms with Crippen molar-refractivity contribution >= 4 is 11.8 Å². The molecule has 0 aromatic rings. The van der Waals surface area contributed by atoms with Crippen LogP contribution in [-0.2, 0) is 0 Å². The van der Waals surface area contributed by atoms with Gasteiger partial charge in [0.05, 0.1) is 6.61 Å². The van der Waals surface area contributed by atoms with E-state index < -0.39 is 0 Å². The number of hydrogen-bond acceptors (Lipinski definition) is 4. The first-order chi connectivity index (χ1) is 6.54. The molecule has 0 radical (unpaired) electrons. The van der Waals surface area contributed by atoms with Gasteiger partial charge in [0.1, 0.15) is 0 Å². The molecule has 0 aromatic carbocycles. The molecule has 1 heterocycles. The molecule has 0 amide bonds. The van der Waals surface area contributed by atoms with Crippen LogP contribution >= 0.6 is 11.8 Å². The molecule has 1 unspecified atom stereocenters. The summed E-state index contributed by atoms with van der Waals surface area (Å²) in [5.74, 6) is 2.27. The molecular formula is C10H22N2OS. The second-order valence-electron chi connectivity index (χ2n) is 4.97. The molecule has 1 aliphatic heterocycles. The summed E-state index contributed by atoms with van der Waals surface area (Å²) >= 11 is 1.96. The molecule has 0 aliphatic carbocycles. The van der Waals surface area contributed by atoms with E-state index in [1.165, 1.54) is 5.75 Å². The molecule has 3 nitrogen and oxygen atoms in total. The van der Waals surface area contributed by atoms with E-state index in [4.69, 9.17) is 10.8 Å². The van der Waals surface area contributed by atoms with Crippen LogP contribution in [0, 0.1) is 5.41 Å². The Kier molecular flexibility index (Phi) is 4.25. The van der Waals surface area contributed by atoms with Gasteiger partial charge in [-0.05, 0) is 17.6 Å². The topological polar surface area (TPSA) is 58.3 Å². The maximum Gasteiger partial charge on any atom is 0.0556 e. The highest BCUT2D eigenvalue weighted by Gasteiger charge is 2.38. The van der Waals surface area contributed by atoms with Gasteiger partial charge >= 0.3 is 0 Å². The fourth-order valence-electron chi connectivity index (χ4n) is 2.18. The molecule has 1 fully saturated rings. The van der Waals surface area contributed by atoms with Crippen LogP contribution in [-0.4, -0.2) is 41.8 Å². The normalized spacial score (nSPS) is 31.7. The lowest BCUT2D eigenvalue weighted by Gasteiger charge is -2.44. The highest BCUT2D eigenvalue weighted by molar-refractivity contribution is 7.99. The molecule has 1 aliphatic rings. The summed E-state index contributed by atoms with van der Waals surface area (Å²) in [7, 11) is 0. The van der Waals surface area contributed by atoms with Crippen molar-refractivity contribution in [1.82, 2.24) is 5.32 Å². The minimum atomic E-state index is 0.0369. The van der Waals surface area contributed by atoms with E-state index in [0.29, 0.717) is 18.5 Å². The van der Waals surface area contributed by atoms with E-state index in [-0.39, 0.29) is 12.1 Å². The zero-order chi connectivity index (χ0) is 10.7. The summed E-state index contributed by atoms with van der Waals surface area (Å²) in [4.78, 5) is 0. The number of nitrogens with two attached hydrogens (primary N) is 1. The number of nitrogens with one attached hydrogen (secondary N) is 1. The van der Waals surface area contributed by atoms with Gasteiger partial charge in [0, 0.05) is 24.4 Å². The number of thioether (sulfide) groups is 1. The van der Waals surface area contributed by atoms with E-state index in [2.05, 4.69) is 19.2 Å². The molecular weight excluding hydrogens is 196 g/mol. The summed E-state index contributed by atoms with van der Waals surface area (Å²) in [6, 6.07) is 0. The van der Waals surface area contributed by atoms with E-state index in [1.54, 1.807) is 0 Å². The quantitative estimate of drug-likeness (QED) is 0.640. The molecule has 1 rings (SSSR count). The Morgan fingerprint density at radius 2 is 2.14 bits per heavy atom. The molecule has 84 valence electrons. The summed E-state index contributed by atoms with van der Waals surface area (Å²) in [5.41, 5.74) is 6.23. The molecule has 4 heteroatoms. The van der Waals surface area contributed by atoms with Crippen LogP contribution in [0.1, 0.15) is 20.3 Å². The van der Waals surface area contributed by atoms with Crippen LogP contribution in [0.4, 0.5) is 0 Å². The van der Waals surface area contributed by atoms with Crippen molar-refractivity contribution in [3.05, 3.63) is 0 Å². The first-order valence-corrected chi connectivity index (χ1v) is 6.33. The van der Waals surface area contributed by atoms with Crippen LogP contribution in [0.2, 0.25) is 0 Å². The average molecular weight is 218 g/mol. The molecule has 0 bridgehead atoms. The number of hydrogen-bond donors (Lipinski definition) is 3. The zero-order valence-electron chi connectivity index (χ0n) is 9.18. The largest absolute Gasteiger partial charge is 0.395 e. The predicted octanol–water partition coefficient (Wildman–Crippen LogP) is 0.429. The molecule has 14 heavy (non-hydrogen) atoms. The van der Waals surface area contributed by atoms with Crippen molar-refractivity contribution in [2.24, 2.45) is 11.1 Å². The van der Waals surface area contributed by atoms with Crippen molar-refractivity contribution in [2.75, 3.05) is 31.2 Å². The fraction of sp³-hybridized carbons (Fsp3) is 1.00. The Hall–Kier alpha value is 0.230. The predicted molar refractivity (Wildman–Crippen MR) is 62.6 cm³/mol. The van der Waals surface area contributed by atoms with E-state index in [0.717, 1.165) is 12.2 Å². The summed E-state index contributed by atoms with van der Waals surface area (Å²) in [5, 5.41) is 12.2. The van der Waals surface area contributed by atoms with Crippen molar-refractivity contribution < 1.29 is 5.11 Å². The van der Waals surface area contributed by atoms with E-state index in [1.807, 2.05) is 11.8 Å². The Morgan fingerprint density at radius 3 is 2.64 bits per heavy atom. The smallest absolute Gasteiger partial charge is 0.0556 e. The highest BCUT2D eigenvalue weighted by atomic mass is 32.2. The van der Waals surface area contributed by atoms with Crippen LogP contribution in [0.5, 0.6) is 0 Å². The minimum Gasteiger partial charge on any atom is -0.395 e. The number of aliphatic hydroxyl groups excluding tert-OH is 1. The third-order valence-electron chi connectivity index (χ3n) is 2.69. The van der Waals surface area contributed by atoms with Crippen molar-refractivity contribution in [3.63, 3.8) is 0 Å². The number of rotatable bonds is 4. The van der Waals surface area contributed by atoms with Gasteiger partial charge in [0.2, 0.25) is 0 Å². The summed E-state index contributed by atoms with van der Waals surface area (Å²) in [6.07, 6.45) is 1.10. The van der Waals surface area contributed by atoms with Crippen molar-refractivity contribution in [2.45, 2.75) is 25.8 Å². The van der Waals surface area contributed by atoms with Crippen LogP contribution < -0.4 is 11.1 Å². The summed E-state index contributed by atoms with van der Waals surface area (Å²) < 4.78 is 0. The highest BCUT2D eigenvalue weighted by Crippen LogP contribution is 2.38. The Morgan fingerprint density at radius 1 is 1.43 bits per heavy atom.